The van der Waals surface area contributed by atoms with Gasteiger partial charge in [-0.15, -0.1) is 12.4 Å². The first-order valence-electron chi connectivity index (χ1n) is 5.35. The van der Waals surface area contributed by atoms with Crippen molar-refractivity contribution in [2.24, 2.45) is 5.92 Å². The van der Waals surface area contributed by atoms with Crippen molar-refractivity contribution in [2.75, 3.05) is 18.8 Å². The van der Waals surface area contributed by atoms with Crippen LogP contribution in [-0.2, 0) is 10.8 Å². The number of rotatable bonds is 3. The zero-order chi connectivity index (χ0) is 10.5. The van der Waals surface area contributed by atoms with Crippen LogP contribution in [0, 0.1) is 5.92 Å². The van der Waals surface area contributed by atoms with E-state index in [4.69, 9.17) is 0 Å². The molecule has 3 nitrogen and oxygen atoms in total. The fraction of sp³-hybridized carbons (Fsp3) is 0.545. The number of nitrogens with one attached hydrogen (secondary N) is 1. The molecule has 1 aliphatic rings. The van der Waals surface area contributed by atoms with Crippen molar-refractivity contribution in [1.82, 2.24) is 10.3 Å². The van der Waals surface area contributed by atoms with Crippen LogP contribution in [0.15, 0.2) is 29.4 Å². The number of nitrogens with zero attached hydrogens (tertiary/aromatic N) is 1. The van der Waals surface area contributed by atoms with E-state index in [-0.39, 0.29) is 12.4 Å². The lowest BCUT2D eigenvalue weighted by molar-refractivity contribution is 0.408. The molecule has 1 fully saturated rings. The molecule has 2 rings (SSSR count). The van der Waals surface area contributed by atoms with Crippen LogP contribution < -0.4 is 5.32 Å². The molecule has 0 saturated carbocycles. The maximum atomic E-state index is 12.0. The van der Waals surface area contributed by atoms with Gasteiger partial charge in [0, 0.05) is 23.0 Å². The average molecular weight is 261 g/mol. The van der Waals surface area contributed by atoms with Gasteiger partial charge in [0.15, 0.2) is 0 Å². The Morgan fingerprint density at radius 3 is 2.81 bits per heavy atom. The summed E-state index contributed by atoms with van der Waals surface area (Å²) in [7, 11) is -0.861. The van der Waals surface area contributed by atoms with Crippen molar-refractivity contribution in [3.63, 3.8) is 0 Å². The highest BCUT2D eigenvalue weighted by atomic mass is 35.5. The van der Waals surface area contributed by atoms with E-state index < -0.39 is 10.8 Å². The third-order valence-corrected chi connectivity index (χ3v) is 4.27. The van der Waals surface area contributed by atoms with E-state index in [0.717, 1.165) is 23.7 Å². The van der Waals surface area contributed by atoms with E-state index in [0.29, 0.717) is 5.92 Å². The van der Waals surface area contributed by atoms with Gasteiger partial charge in [-0.05, 0) is 44.0 Å². The van der Waals surface area contributed by atoms with Crippen molar-refractivity contribution < 1.29 is 4.21 Å². The lowest BCUT2D eigenvalue weighted by Gasteiger charge is -2.22. The quantitative estimate of drug-likeness (QED) is 0.898. The van der Waals surface area contributed by atoms with Crippen molar-refractivity contribution in [3.05, 3.63) is 24.5 Å². The molecule has 5 heteroatoms. The summed E-state index contributed by atoms with van der Waals surface area (Å²) < 4.78 is 12.0. The molecule has 1 aromatic rings. The van der Waals surface area contributed by atoms with E-state index in [1.54, 1.807) is 12.4 Å². The van der Waals surface area contributed by atoms with Crippen molar-refractivity contribution in [1.29, 1.82) is 0 Å². The molecule has 2 heterocycles. The van der Waals surface area contributed by atoms with Gasteiger partial charge < -0.3 is 5.32 Å². The molecule has 0 radical (unpaired) electrons. The van der Waals surface area contributed by atoms with Gasteiger partial charge in [-0.25, -0.2) is 0 Å². The summed E-state index contributed by atoms with van der Waals surface area (Å²) in [5.41, 5.74) is 0. The predicted octanol–water partition coefficient (Wildman–Crippen LogP) is 1.61. The molecule has 0 bridgehead atoms. The van der Waals surface area contributed by atoms with E-state index in [1.165, 1.54) is 12.8 Å². The van der Waals surface area contributed by atoms with E-state index in [2.05, 4.69) is 10.3 Å². The lowest BCUT2D eigenvalue weighted by Crippen LogP contribution is -2.32. The Labute approximate surface area is 105 Å². The molecule has 1 N–H and O–H groups in total. The summed E-state index contributed by atoms with van der Waals surface area (Å²) >= 11 is 0. The first-order chi connectivity index (χ1) is 7.36. The largest absolute Gasteiger partial charge is 0.316 e. The maximum absolute atomic E-state index is 12.0. The smallest absolute Gasteiger partial charge is 0.0533 e. The zero-order valence-electron chi connectivity index (χ0n) is 9.09. The van der Waals surface area contributed by atoms with Gasteiger partial charge in [0.2, 0.25) is 0 Å². The number of aromatic nitrogens is 1. The summed E-state index contributed by atoms with van der Waals surface area (Å²) in [6, 6.07) is 3.68. The summed E-state index contributed by atoms with van der Waals surface area (Å²) in [6.07, 6.45) is 5.81. The molecule has 0 amide bonds. The fourth-order valence-electron chi connectivity index (χ4n) is 1.87. The Kier molecular flexibility index (Phi) is 5.95. The second-order valence-electron chi connectivity index (χ2n) is 3.91. The number of hydrogen-bond donors (Lipinski definition) is 1. The third-order valence-electron chi connectivity index (χ3n) is 2.70. The average Bonchev–Trinajstić information content (AvgIpc) is 2.31. The molecule has 0 aromatic carbocycles. The van der Waals surface area contributed by atoms with Crippen LogP contribution in [-0.4, -0.2) is 28.0 Å². The number of halogens is 1. The zero-order valence-corrected chi connectivity index (χ0v) is 10.7. The van der Waals surface area contributed by atoms with Gasteiger partial charge in [0.05, 0.1) is 10.8 Å². The number of pyridine rings is 1. The van der Waals surface area contributed by atoms with Gasteiger partial charge in [-0.1, -0.05) is 0 Å². The highest BCUT2D eigenvalue weighted by Gasteiger charge is 2.16. The van der Waals surface area contributed by atoms with Crippen LogP contribution in [0.3, 0.4) is 0 Å². The number of hydrogen-bond acceptors (Lipinski definition) is 3. The highest BCUT2D eigenvalue weighted by molar-refractivity contribution is 7.85. The van der Waals surface area contributed by atoms with Crippen LogP contribution in [0.1, 0.15) is 12.8 Å². The van der Waals surface area contributed by atoms with Crippen LogP contribution in [0.5, 0.6) is 0 Å². The van der Waals surface area contributed by atoms with Crippen molar-refractivity contribution in [2.45, 2.75) is 17.7 Å². The Balaban J connectivity index is 0.00000128. The van der Waals surface area contributed by atoms with Gasteiger partial charge in [-0.2, -0.15) is 0 Å². The summed E-state index contributed by atoms with van der Waals surface area (Å²) in [5, 5.41) is 3.34. The fourth-order valence-corrected chi connectivity index (χ4v) is 3.20. The summed E-state index contributed by atoms with van der Waals surface area (Å²) in [4.78, 5) is 4.83. The minimum atomic E-state index is -0.861. The van der Waals surface area contributed by atoms with Crippen molar-refractivity contribution in [3.8, 4) is 0 Å². The Morgan fingerprint density at radius 2 is 2.19 bits per heavy atom. The van der Waals surface area contributed by atoms with Crippen LogP contribution in [0.4, 0.5) is 0 Å². The van der Waals surface area contributed by atoms with E-state index in [1.807, 2.05) is 12.1 Å². The molecule has 0 spiro atoms. The van der Waals surface area contributed by atoms with Crippen molar-refractivity contribution >= 4 is 23.2 Å². The van der Waals surface area contributed by atoms with Crippen LogP contribution in [0.2, 0.25) is 0 Å². The van der Waals surface area contributed by atoms with Crippen LogP contribution >= 0.6 is 12.4 Å². The highest BCUT2D eigenvalue weighted by Crippen LogP contribution is 2.14. The van der Waals surface area contributed by atoms with Gasteiger partial charge in [0.25, 0.3) is 0 Å². The Hall–Kier alpha value is -0.450. The first kappa shape index (κ1) is 13.6. The molecule has 1 saturated heterocycles. The minimum Gasteiger partial charge on any atom is -0.316 e. The predicted molar refractivity (Wildman–Crippen MR) is 68.4 cm³/mol. The number of piperidine rings is 1. The molecule has 2 atom stereocenters. The molecule has 0 aliphatic carbocycles. The van der Waals surface area contributed by atoms with E-state index in [9.17, 15) is 4.21 Å². The molecule has 16 heavy (non-hydrogen) atoms. The standard InChI is InChI=1S/C11H16N2OS.ClH/c14-15(11-3-6-12-7-4-11)9-10-2-1-5-13-8-10;/h3-4,6-7,10,13H,1-2,5,8-9H2;1H. The van der Waals surface area contributed by atoms with E-state index >= 15 is 0 Å². The normalized spacial score (nSPS) is 22.1. The Morgan fingerprint density at radius 1 is 1.44 bits per heavy atom. The first-order valence-corrected chi connectivity index (χ1v) is 6.67. The molecule has 1 aliphatic heterocycles. The van der Waals surface area contributed by atoms with Gasteiger partial charge in [-0.3, -0.25) is 9.19 Å². The molecular formula is C11H17ClN2OS. The maximum Gasteiger partial charge on any atom is 0.0533 e. The molecular weight excluding hydrogens is 244 g/mol. The third kappa shape index (κ3) is 3.85. The second kappa shape index (κ2) is 6.99. The molecule has 90 valence electrons. The second-order valence-corrected chi connectivity index (χ2v) is 5.40. The van der Waals surface area contributed by atoms with Gasteiger partial charge in [0.1, 0.15) is 0 Å². The summed E-state index contributed by atoms with van der Waals surface area (Å²) in [5.74, 6) is 1.34. The molecule has 2 unspecified atom stereocenters. The lowest BCUT2D eigenvalue weighted by atomic mass is 10.0. The topological polar surface area (TPSA) is 42.0 Å². The molecule has 1 aromatic heterocycles. The Bertz CT molecular complexity index is 328. The monoisotopic (exact) mass is 260 g/mol. The summed E-state index contributed by atoms with van der Waals surface area (Å²) in [6.45, 7) is 2.12. The minimum absolute atomic E-state index is 0. The SMILES string of the molecule is Cl.O=S(CC1CCCNC1)c1ccncc1. The van der Waals surface area contributed by atoms with Crippen LogP contribution in [0.25, 0.3) is 0 Å². The van der Waals surface area contributed by atoms with Gasteiger partial charge >= 0.3 is 0 Å².